The van der Waals surface area contributed by atoms with Gasteiger partial charge in [-0.1, -0.05) is 30.2 Å². The number of hydrazone groups is 1. The molecule has 2 aromatic rings. The molecule has 0 spiro atoms. The Morgan fingerprint density at radius 2 is 2.04 bits per heavy atom. The number of benzene rings is 1. The van der Waals surface area contributed by atoms with Crippen molar-refractivity contribution in [2.75, 3.05) is 0 Å². The Morgan fingerprint density at radius 1 is 1.25 bits per heavy atom. The largest absolute Gasteiger partial charge is 0.296 e. The van der Waals surface area contributed by atoms with Crippen molar-refractivity contribution in [2.24, 2.45) is 5.10 Å². The van der Waals surface area contributed by atoms with Crippen LogP contribution in [0, 0.1) is 0 Å². The maximum atomic E-state index is 12.5. The molecular formula is C17H17ClN4O2. The lowest BCUT2D eigenvalue weighted by molar-refractivity contribution is 0.0952. The van der Waals surface area contributed by atoms with Crippen LogP contribution < -0.4 is 11.0 Å². The Morgan fingerprint density at radius 3 is 2.83 bits per heavy atom. The van der Waals surface area contributed by atoms with Gasteiger partial charge in [-0.3, -0.25) is 14.2 Å². The third kappa shape index (κ3) is 3.71. The molecule has 0 fully saturated rings. The van der Waals surface area contributed by atoms with E-state index in [1.807, 2.05) is 0 Å². The second-order valence-corrected chi connectivity index (χ2v) is 6.04. The van der Waals surface area contributed by atoms with Gasteiger partial charge in [-0.05, 0) is 30.5 Å². The number of aromatic nitrogens is 2. The molecule has 1 aromatic carbocycles. The van der Waals surface area contributed by atoms with Crippen LogP contribution in [0.3, 0.4) is 0 Å². The fourth-order valence-electron chi connectivity index (χ4n) is 2.62. The van der Waals surface area contributed by atoms with E-state index in [-0.39, 0.29) is 11.1 Å². The van der Waals surface area contributed by atoms with E-state index in [0.717, 1.165) is 37.1 Å². The molecule has 24 heavy (non-hydrogen) atoms. The standard InChI is InChI=1S/C17H17ClN4O2/c18-13-7-5-12(6-8-13)10-20-21-16(23)14-11-19-15-4-2-1-3-9-22(15)17(14)24/h5-8,10-11H,1-4,9H2,(H,21,23)/b20-10+. The smallest absolute Gasteiger partial charge is 0.278 e. The summed E-state index contributed by atoms with van der Waals surface area (Å²) < 4.78 is 1.60. The van der Waals surface area contributed by atoms with E-state index >= 15 is 0 Å². The van der Waals surface area contributed by atoms with Crippen LogP contribution in [0.4, 0.5) is 0 Å². The molecule has 0 bridgehead atoms. The van der Waals surface area contributed by atoms with Gasteiger partial charge in [0.05, 0.1) is 6.21 Å². The zero-order valence-electron chi connectivity index (χ0n) is 13.0. The molecule has 0 radical (unpaired) electrons. The van der Waals surface area contributed by atoms with Crippen molar-refractivity contribution in [3.63, 3.8) is 0 Å². The monoisotopic (exact) mass is 344 g/mol. The van der Waals surface area contributed by atoms with Gasteiger partial charge in [-0.25, -0.2) is 10.4 Å². The SMILES string of the molecule is O=C(N/N=C/c1ccc(Cl)cc1)c1cnc2n(c1=O)CCCCC2. The zero-order valence-corrected chi connectivity index (χ0v) is 13.8. The van der Waals surface area contributed by atoms with Crippen LogP contribution in [-0.4, -0.2) is 21.7 Å². The lowest BCUT2D eigenvalue weighted by atomic mass is 10.2. The summed E-state index contributed by atoms with van der Waals surface area (Å²) in [6.45, 7) is 0.607. The minimum Gasteiger partial charge on any atom is -0.296 e. The maximum absolute atomic E-state index is 12.5. The van der Waals surface area contributed by atoms with E-state index in [1.54, 1.807) is 28.8 Å². The topological polar surface area (TPSA) is 76.3 Å². The van der Waals surface area contributed by atoms with Crippen LogP contribution in [0.1, 0.15) is 41.0 Å². The number of halogens is 1. The van der Waals surface area contributed by atoms with Crippen molar-refractivity contribution in [3.05, 3.63) is 62.8 Å². The molecular weight excluding hydrogens is 328 g/mol. The molecule has 0 saturated carbocycles. The van der Waals surface area contributed by atoms with E-state index in [9.17, 15) is 9.59 Å². The van der Waals surface area contributed by atoms with E-state index in [1.165, 1.54) is 12.4 Å². The number of nitrogens with one attached hydrogen (secondary N) is 1. The van der Waals surface area contributed by atoms with Gasteiger partial charge in [-0.15, -0.1) is 0 Å². The number of aryl methyl sites for hydroxylation is 1. The Hall–Kier alpha value is -2.47. The minimum atomic E-state index is -0.558. The first-order valence-corrected chi connectivity index (χ1v) is 8.20. The van der Waals surface area contributed by atoms with E-state index in [0.29, 0.717) is 11.6 Å². The molecule has 7 heteroatoms. The van der Waals surface area contributed by atoms with Crippen LogP contribution in [-0.2, 0) is 13.0 Å². The van der Waals surface area contributed by atoms with E-state index in [4.69, 9.17) is 11.6 Å². The van der Waals surface area contributed by atoms with Crippen molar-refractivity contribution in [3.8, 4) is 0 Å². The van der Waals surface area contributed by atoms with Gasteiger partial charge in [-0.2, -0.15) is 5.10 Å². The van der Waals surface area contributed by atoms with E-state index < -0.39 is 5.91 Å². The highest BCUT2D eigenvalue weighted by Gasteiger charge is 2.17. The first-order chi connectivity index (χ1) is 11.6. The molecule has 0 aliphatic carbocycles. The number of nitrogens with zero attached hydrogens (tertiary/aromatic N) is 3. The predicted molar refractivity (Wildman–Crippen MR) is 92.6 cm³/mol. The second kappa shape index (κ2) is 7.40. The quantitative estimate of drug-likeness (QED) is 0.686. The Labute approximate surface area is 144 Å². The lowest BCUT2D eigenvalue weighted by Gasteiger charge is -2.09. The summed E-state index contributed by atoms with van der Waals surface area (Å²) in [5.41, 5.74) is 2.86. The van der Waals surface area contributed by atoms with Gasteiger partial charge < -0.3 is 0 Å². The van der Waals surface area contributed by atoms with Gasteiger partial charge in [0.25, 0.3) is 11.5 Å². The van der Waals surface area contributed by atoms with Crippen molar-refractivity contribution in [1.82, 2.24) is 15.0 Å². The molecule has 1 N–H and O–H groups in total. The number of carbonyl (C=O) groups is 1. The van der Waals surface area contributed by atoms with Gasteiger partial charge in [0.1, 0.15) is 11.4 Å². The van der Waals surface area contributed by atoms with Crippen LogP contribution in [0.15, 0.2) is 40.4 Å². The molecule has 0 atom stereocenters. The molecule has 1 amide bonds. The van der Waals surface area contributed by atoms with Crippen LogP contribution >= 0.6 is 11.6 Å². The fourth-order valence-corrected chi connectivity index (χ4v) is 2.74. The highest BCUT2D eigenvalue weighted by atomic mass is 35.5. The molecule has 0 unspecified atom stereocenters. The van der Waals surface area contributed by atoms with Gasteiger partial charge >= 0.3 is 0 Å². The summed E-state index contributed by atoms with van der Waals surface area (Å²) in [4.78, 5) is 28.9. The molecule has 6 nitrogen and oxygen atoms in total. The highest BCUT2D eigenvalue weighted by Crippen LogP contribution is 2.10. The molecule has 0 saturated heterocycles. The number of hydrogen-bond donors (Lipinski definition) is 1. The van der Waals surface area contributed by atoms with E-state index in [2.05, 4.69) is 15.5 Å². The molecule has 1 aliphatic heterocycles. The Bertz CT molecular complexity index is 827. The van der Waals surface area contributed by atoms with Crippen molar-refractivity contribution in [2.45, 2.75) is 32.2 Å². The second-order valence-electron chi connectivity index (χ2n) is 5.61. The summed E-state index contributed by atoms with van der Waals surface area (Å²) >= 11 is 5.80. The van der Waals surface area contributed by atoms with Gasteiger partial charge in [0.2, 0.25) is 0 Å². The average molecular weight is 345 g/mol. The number of amides is 1. The normalized spacial score (nSPS) is 14.2. The Balaban J connectivity index is 1.74. The number of carbonyl (C=O) groups excluding carboxylic acids is 1. The first kappa shape index (κ1) is 16.4. The van der Waals surface area contributed by atoms with Crippen LogP contribution in [0.2, 0.25) is 5.02 Å². The minimum absolute atomic E-state index is 0.00825. The number of hydrogen-bond acceptors (Lipinski definition) is 4. The number of fused-ring (bicyclic) bond motifs is 1. The summed E-state index contributed by atoms with van der Waals surface area (Å²) in [7, 11) is 0. The van der Waals surface area contributed by atoms with Crippen LogP contribution in [0.5, 0.6) is 0 Å². The molecule has 1 aromatic heterocycles. The molecule has 124 valence electrons. The first-order valence-electron chi connectivity index (χ1n) is 7.83. The van der Waals surface area contributed by atoms with Crippen molar-refractivity contribution >= 4 is 23.7 Å². The Kier molecular flexibility index (Phi) is 5.05. The fraction of sp³-hybridized carbons (Fsp3) is 0.294. The summed E-state index contributed by atoms with van der Waals surface area (Å²) in [6.07, 6.45) is 6.61. The lowest BCUT2D eigenvalue weighted by Crippen LogP contribution is -2.33. The van der Waals surface area contributed by atoms with Gasteiger partial charge in [0, 0.05) is 24.2 Å². The molecule has 1 aliphatic rings. The van der Waals surface area contributed by atoms with Crippen LogP contribution in [0.25, 0.3) is 0 Å². The summed E-state index contributed by atoms with van der Waals surface area (Å²) in [5, 5.41) is 4.50. The average Bonchev–Trinajstić information content (AvgIpc) is 2.83. The molecule has 3 rings (SSSR count). The summed E-state index contributed by atoms with van der Waals surface area (Å²) in [6, 6.07) is 7.01. The third-order valence-electron chi connectivity index (χ3n) is 3.91. The number of rotatable bonds is 3. The van der Waals surface area contributed by atoms with Crippen molar-refractivity contribution < 1.29 is 4.79 Å². The molecule has 2 heterocycles. The highest BCUT2D eigenvalue weighted by molar-refractivity contribution is 6.30. The summed E-state index contributed by atoms with van der Waals surface area (Å²) in [5.74, 6) is 0.191. The van der Waals surface area contributed by atoms with Crippen molar-refractivity contribution in [1.29, 1.82) is 0 Å². The zero-order chi connectivity index (χ0) is 16.9. The van der Waals surface area contributed by atoms with Gasteiger partial charge in [0.15, 0.2) is 0 Å². The third-order valence-corrected chi connectivity index (χ3v) is 4.16. The predicted octanol–water partition coefficient (Wildman–Crippen LogP) is 2.39. The maximum Gasteiger partial charge on any atom is 0.278 e.